The van der Waals surface area contributed by atoms with Gasteiger partial charge in [-0.1, -0.05) is 0 Å². The molecular weight excluding hydrogens is 284 g/mol. The molecule has 0 aromatic carbocycles. The van der Waals surface area contributed by atoms with Crippen LogP contribution in [0.3, 0.4) is 0 Å². The summed E-state index contributed by atoms with van der Waals surface area (Å²) in [5.41, 5.74) is 0.908. The Labute approximate surface area is 130 Å². The first-order valence-corrected chi connectivity index (χ1v) is 7.51. The van der Waals surface area contributed by atoms with Crippen LogP contribution in [0.5, 0.6) is 0 Å². The van der Waals surface area contributed by atoms with Gasteiger partial charge in [-0.05, 0) is 26.7 Å². The van der Waals surface area contributed by atoms with Gasteiger partial charge in [0.1, 0.15) is 5.76 Å². The molecule has 7 nitrogen and oxygen atoms in total. The summed E-state index contributed by atoms with van der Waals surface area (Å²) >= 11 is 0. The van der Waals surface area contributed by atoms with Gasteiger partial charge in [0, 0.05) is 20.1 Å². The summed E-state index contributed by atoms with van der Waals surface area (Å²) in [6.07, 6.45) is 1.56. The van der Waals surface area contributed by atoms with Gasteiger partial charge in [0.05, 0.1) is 25.3 Å². The molecule has 0 amide bonds. The number of nitrogens with one attached hydrogen (secondary N) is 1. The maximum atomic E-state index is 11.6. The summed E-state index contributed by atoms with van der Waals surface area (Å²) in [4.78, 5) is 22.3. The van der Waals surface area contributed by atoms with E-state index in [1.807, 2.05) is 13.8 Å². The van der Waals surface area contributed by atoms with E-state index in [9.17, 15) is 4.79 Å². The molecule has 2 rings (SSSR count). The van der Waals surface area contributed by atoms with E-state index in [4.69, 9.17) is 9.15 Å². The monoisotopic (exact) mass is 308 g/mol. The molecule has 1 aliphatic heterocycles. The summed E-state index contributed by atoms with van der Waals surface area (Å²) < 4.78 is 10.4. The van der Waals surface area contributed by atoms with Crippen LogP contribution < -0.4 is 5.32 Å². The third-order valence-corrected chi connectivity index (χ3v) is 4.01. The van der Waals surface area contributed by atoms with Crippen molar-refractivity contribution in [2.75, 3.05) is 27.2 Å². The number of piperidine rings is 1. The van der Waals surface area contributed by atoms with Crippen LogP contribution in [0.2, 0.25) is 0 Å². The maximum absolute atomic E-state index is 11.6. The summed E-state index contributed by atoms with van der Waals surface area (Å²) in [6.45, 7) is 5.89. The van der Waals surface area contributed by atoms with Gasteiger partial charge in [-0.3, -0.25) is 9.79 Å². The molecule has 1 aromatic rings. The molecule has 0 saturated carbocycles. The van der Waals surface area contributed by atoms with Gasteiger partial charge in [0.15, 0.2) is 5.96 Å². The zero-order valence-electron chi connectivity index (χ0n) is 13.7. The highest BCUT2D eigenvalue weighted by atomic mass is 16.5. The molecule has 7 heteroatoms. The topological polar surface area (TPSA) is 80.0 Å². The molecule has 2 heterocycles. The summed E-state index contributed by atoms with van der Waals surface area (Å²) in [7, 11) is 3.19. The Hall–Kier alpha value is -2.05. The normalized spacial score (nSPS) is 16.7. The molecule has 0 spiro atoms. The van der Waals surface area contributed by atoms with Crippen LogP contribution in [0.25, 0.3) is 0 Å². The molecule has 0 aliphatic carbocycles. The van der Waals surface area contributed by atoms with Crippen molar-refractivity contribution in [2.24, 2.45) is 10.9 Å². The van der Waals surface area contributed by atoms with Crippen LogP contribution >= 0.6 is 0 Å². The van der Waals surface area contributed by atoms with Gasteiger partial charge in [-0.15, -0.1) is 0 Å². The smallest absolute Gasteiger partial charge is 0.308 e. The van der Waals surface area contributed by atoms with E-state index < -0.39 is 0 Å². The van der Waals surface area contributed by atoms with Crippen LogP contribution in [0.1, 0.15) is 30.2 Å². The number of rotatable bonds is 3. The number of aryl methyl sites for hydroxylation is 2. The predicted octanol–water partition coefficient (Wildman–Crippen LogP) is 1.25. The third kappa shape index (κ3) is 3.78. The molecule has 1 N–H and O–H groups in total. The van der Waals surface area contributed by atoms with E-state index >= 15 is 0 Å². The Morgan fingerprint density at radius 3 is 2.64 bits per heavy atom. The molecule has 1 aromatic heterocycles. The average Bonchev–Trinajstić information content (AvgIpc) is 2.86. The molecule has 0 unspecified atom stereocenters. The molecule has 122 valence electrons. The average molecular weight is 308 g/mol. The van der Waals surface area contributed by atoms with Gasteiger partial charge in [0.2, 0.25) is 5.89 Å². The van der Waals surface area contributed by atoms with Crippen molar-refractivity contribution < 1.29 is 13.9 Å². The molecule has 22 heavy (non-hydrogen) atoms. The second-order valence-corrected chi connectivity index (χ2v) is 5.43. The lowest BCUT2D eigenvalue weighted by Crippen LogP contribution is -2.46. The molecular formula is C15H24N4O3. The highest BCUT2D eigenvalue weighted by molar-refractivity contribution is 5.80. The Balaban J connectivity index is 1.86. The van der Waals surface area contributed by atoms with Crippen LogP contribution in [0, 0.1) is 19.8 Å². The third-order valence-electron chi connectivity index (χ3n) is 4.01. The first-order valence-electron chi connectivity index (χ1n) is 7.51. The second-order valence-electron chi connectivity index (χ2n) is 5.43. The number of aromatic nitrogens is 1. The lowest BCUT2D eigenvalue weighted by atomic mass is 9.97. The van der Waals surface area contributed by atoms with Crippen LogP contribution in [0.4, 0.5) is 0 Å². The Morgan fingerprint density at radius 2 is 2.14 bits per heavy atom. The van der Waals surface area contributed by atoms with Crippen LogP contribution in [0.15, 0.2) is 9.41 Å². The summed E-state index contributed by atoms with van der Waals surface area (Å²) in [5, 5.41) is 3.26. The molecule has 1 fully saturated rings. The fourth-order valence-electron chi connectivity index (χ4n) is 2.60. The van der Waals surface area contributed by atoms with Crippen molar-refractivity contribution in [3.05, 3.63) is 17.3 Å². The van der Waals surface area contributed by atoms with Crippen molar-refractivity contribution in [3.63, 3.8) is 0 Å². The van der Waals surface area contributed by atoms with Gasteiger partial charge in [-0.25, -0.2) is 4.98 Å². The second kappa shape index (κ2) is 7.29. The molecule has 0 radical (unpaired) electrons. The maximum Gasteiger partial charge on any atom is 0.308 e. The first-order chi connectivity index (χ1) is 10.5. The zero-order valence-corrected chi connectivity index (χ0v) is 13.7. The molecule has 0 bridgehead atoms. The Kier molecular flexibility index (Phi) is 5.41. The highest BCUT2D eigenvalue weighted by Gasteiger charge is 2.27. The number of carbonyl (C=O) groups excluding carboxylic acids is 1. The number of aliphatic imine (C=N–C) groups is 1. The minimum atomic E-state index is -0.117. The largest absolute Gasteiger partial charge is 0.469 e. The van der Waals surface area contributed by atoms with Gasteiger partial charge in [0.25, 0.3) is 0 Å². The van der Waals surface area contributed by atoms with E-state index in [1.165, 1.54) is 7.11 Å². The lowest BCUT2D eigenvalue weighted by molar-refractivity contribution is -0.146. The number of hydrogen-bond acceptors (Lipinski definition) is 5. The number of nitrogens with zero attached hydrogens (tertiary/aromatic N) is 3. The van der Waals surface area contributed by atoms with E-state index in [0.717, 1.165) is 43.3 Å². The first kappa shape index (κ1) is 16.3. The number of likely N-dealkylation sites (tertiary alicyclic amines) is 1. The summed E-state index contributed by atoms with van der Waals surface area (Å²) in [6, 6.07) is 0. The lowest BCUT2D eigenvalue weighted by Gasteiger charge is -2.32. The standard InChI is InChI=1S/C15H24N4O3/c1-10-11(2)22-13(18-10)9-17-15(16-3)19-7-5-12(6-8-19)14(20)21-4/h12H,5-9H2,1-4H3,(H,16,17). The van der Waals surface area contributed by atoms with Crippen LogP contribution in [-0.4, -0.2) is 49.1 Å². The van der Waals surface area contributed by atoms with Crippen molar-refractivity contribution >= 4 is 11.9 Å². The fourth-order valence-corrected chi connectivity index (χ4v) is 2.60. The van der Waals surface area contributed by atoms with Crippen molar-refractivity contribution in [1.82, 2.24) is 15.2 Å². The number of carbonyl (C=O) groups is 1. The Bertz CT molecular complexity index is 525. The summed E-state index contributed by atoms with van der Waals surface area (Å²) in [5.74, 6) is 2.17. The quantitative estimate of drug-likeness (QED) is 0.514. The fraction of sp³-hybridized carbons (Fsp3) is 0.667. The van der Waals surface area contributed by atoms with Crippen molar-refractivity contribution in [2.45, 2.75) is 33.2 Å². The molecule has 1 aliphatic rings. The number of guanidine groups is 1. The van der Waals surface area contributed by atoms with Crippen LogP contribution in [-0.2, 0) is 16.1 Å². The van der Waals surface area contributed by atoms with E-state index in [0.29, 0.717) is 12.4 Å². The van der Waals surface area contributed by atoms with Gasteiger partial charge >= 0.3 is 5.97 Å². The minimum absolute atomic E-state index is 0.00334. The van der Waals surface area contributed by atoms with E-state index in [2.05, 4.69) is 20.2 Å². The SMILES string of the molecule is CN=C(NCc1nc(C)c(C)o1)N1CCC(C(=O)OC)CC1. The molecule has 1 saturated heterocycles. The van der Waals surface area contributed by atoms with E-state index in [-0.39, 0.29) is 11.9 Å². The number of ether oxygens (including phenoxy) is 1. The zero-order chi connectivity index (χ0) is 16.1. The number of methoxy groups -OCH3 is 1. The number of esters is 1. The van der Waals surface area contributed by atoms with E-state index in [1.54, 1.807) is 7.05 Å². The Morgan fingerprint density at radius 1 is 1.45 bits per heavy atom. The van der Waals surface area contributed by atoms with Gasteiger partial charge < -0.3 is 19.4 Å². The number of oxazole rings is 1. The van der Waals surface area contributed by atoms with Crippen molar-refractivity contribution in [1.29, 1.82) is 0 Å². The predicted molar refractivity (Wildman–Crippen MR) is 82.5 cm³/mol. The highest BCUT2D eigenvalue weighted by Crippen LogP contribution is 2.18. The molecule has 0 atom stereocenters. The number of hydrogen-bond donors (Lipinski definition) is 1. The van der Waals surface area contributed by atoms with Gasteiger partial charge in [-0.2, -0.15) is 0 Å². The minimum Gasteiger partial charge on any atom is -0.469 e. The van der Waals surface area contributed by atoms with Crippen molar-refractivity contribution in [3.8, 4) is 0 Å².